The van der Waals surface area contributed by atoms with E-state index in [0.29, 0.717) is 43.6 Å². The maximum atomic E-state index is 14.7. The van der Waals surface area contributed by atoms with Gasteiger partial charge >= 0.3 is 6.09 Å². The molecule has 1 amide bonds. The van der Waals surface area contributed by atoms with E-state index in [1.165, 1.54) is 45.5 Å². The van der Waals surface area contributed by atoms with E-state index in [2.05, 4.69) is 60.0 Å². The summed E-state index contributed by atoms with van der Waals surface area (Å²) < 4.78 is 58.7. The number of anilines is 6. The number of nitrogen functional groups attached to an aromatic ring is 3. The van der Waals surface area contributed by atoms with E-state index in [4.69, 9.17) is 21.9 Å². The molecule has 6 aromatic carbocycles. The fourth-order valence-electron chi connectivity index (χ4n) is 7.71. The molecule has 350 valence electrons. The Balaban J connectivity index is 0.000000156. The highest BCUT2D eigenvalue weighted by Crippen LogP contribution is 2.37. The third-order valence-corrected chi connectivity index (χ3v) is 11.2. The Hall–Kier alpha value is -7.93. The normalized spacial score (nSPS) is 12.8. The number of rotatable bonds is 6. The van der Waals surface area contributed by atoms with Gasteiger partial charge in [-0.25, -0.2) is 22.4 Å². The lowest BCUT2D eigenvalue weighted by molar-refractivity contribution is -0.384. The number of halogens is 4. The van der Waals surface area contributed by atoms with Crippen molar-refractivity contribution in [2.45, 2.75) is 67.0 Å². The molecule has 0 aliphatic carbocycles. The number of carbonyl (C=O) groups is 1. The van der Waals surface area contributed by atoms with Gasteiger partial charge in [0.1, 0.15) is 11.4 Å². The first-order chi connectivity index (χ1) is 31.9. The van der Waals surface area contributed by atoms with Crippen LogP contribution in [-0.2, 0) is 44.0 Å². The predicted molar refractivity (Wildman–Crippen MR) is 250 cm³/mol. The molecule has 0 saturated heterocycles. The zero-order valence-corrected chi connectivity index (χ0v) is 37.1. The first kappa shape index (κ1) is 48.5. The van der Waals surface area contributed by atoms with Crippen molar-refractivity contribution >= 4 is 51.6 Å². The minimum atomic E-state index is -1.38. The van der Waals surface area contributed by atoms with Gasteiger partial charge < -0.3 is 37.1 Å². The topological polar surface area (TPSA) is 221 Å². The number of nitrogens with two attached hydrogens (primary N) is 3. The summed E-state index contributed by atoms with van der Waals surface area (Å²) in [5.41, 5.74) is 26.2. The van der Waals surface area contributed by atoms with Crippen LogP contribution in [0.2, 0.25) is 0 Å². The fourth-order valence-corrected chi connectivity index (χ4v) is 7.71. The summed E-state index contributed by atoms with van der Waals surface area (Å²) in [7, 11) is 0. The SMILES string of the molecule is CCOC(=O)Nc1ccc(N2Cc3ccc(C)cc3C2)c(F)c1N.Cc1ccc2c(c1)CN(c1ccc([N+](=O)[O-])c(N)c1F)C2.Cc1ccc2c(c1)CNC2.Nc1c([N+](=O)[O-])ccc(F)c1F. The van der Waals surface area contributed by atoms with E-state index in [0.717, 1.165) is 35.8 Å². The number of nitrogens with one attached hydrogen (secondary N) is 2. The maximum absolute atomic E-state index is 14.7. The lowest BCUT2D eigenvalue weighted by Gasteiger charge is -2.20. The second kappa shape index (κ2) is 20.9. The molecule has 0 bridgehead atoms. The highest BCUT2D eigenvalue weighted by molar-refractivity contribution is 5.90. The van der Waals surface area contributed by atoms with Crippen LogP contribution in [-0.4, -0.2) is 22.5 Å². The van der Waals surface area contributed by atoms with Crippen molar-refractivity contribution in [3.8, 4) is 0 Å². The van der Waals surface area contributed by atoms with Gasteiger partial charge in [-0.1, -0.05) is 71.3 Å². The van der Waals surface area contributed by atoms with Crippen LogP contribution in [0.1, 0.15) is 57.0 Å². The summed E-state index contributed by atoms with van der Waals surface area (Å²) in [6, 6.07) is 26.4. The highest BCUT2D eigenvalue weighted by atomic mass is 19.2. The predicted octanol–water partition coefficient (Wildman–Crippen LogP) is 10.0. The van der Waals surface area contributed by atoms with Gasteiger partial charge in [0.05, 0.1) is 39.2 Å². The van der Waals surface area contributed by atoms with E-state index >= 15 is 0 Å². The molecule has 0 unspecified atom stereocenters. The largest absolute Gasteiger partial charge is 0.450 e. The fraction of sp³-hybridized carbons (Fsp3) is 0.229. The molecule has 6 aromatic rings. The Kier molecular flexibility index (Phi) is 15.2. The molecule has 9 rings (SSSR count). The van der Waals surface area contributed by atoms with Crippen LogP contribution in [0.4, 0.5) is 67.9 Å². The molecule has 0 spiro atoms. The number of nitrogens with zero attached hydrogens (tertiary/aromatic N) is 4. The zero-order chi connectivity index (χ0) is 48.7. The van der Waals surface area contributed by atoms with E-state index < -0.39 is 62.0 Å². The van der Waals surface area contributed by atoms with Gasteiger partial charge in [-0.2, -0.15) is 0 Å². The Labute approximate surface area is 383 Å². The van der Waals surface area contributed by atoms with Gasteiger partial charge in [-0.15, -0.1) is 0 Å². The van der Waals surface area contributed by atoms with Crippen LogP contribution in [0.25, 0.3) is 0 Å². The number of nitro groups is 2. The number of carbonyl (C=O) groups excluding carboxylic acids is 1. The van der Waals surface area contributed by atoms with Crippen molar-refractivity contribution in [3.05, 3.63) is 185 Å². The van der Waals surface area contributed by atoms with Gasteiger partial charge in [0, 0.05) is 51.4 Å². The monoisotopic (exact) mass is 923 g/mol. The molecule has 0 saturated carbocycles. The molecule has 0 fully saturated rings. The molecule has 0 radical (unpaired) electrons. The van der Waals surface area contributed by atoms with Crippen molar-refractivity contribution in [2.75, 3.05) is 38.9 Å². The molecule has 0 atom stereocenters. The second-order valence-electron chi connectivity index (χ2n) is 16.0. The Bertz CT molecular complexity index is 2870. The van der Waals surface area contributed by atoms with E-state index in [1.807, 2.05) is 35.8 Å². The molecule has 3 aliphatic heterocycles. The van der Waals surface area contributed by atoms with Gasteiger partial charge in [-0.05, 0) is 85.3 Å². The Morgan fingerprint density at radius 2 is 1.04 bits per heavy atom. The quantitative estimate of drug-likeness (QED) is 0.0456. The molecule has 15 nitrogen and oxygen atoms in total. The summed E-state index contributed by atoms with van der Waals surface area (Å²) in [6.07, 6.45) is -0.652. The summed E-state index contributed by atoms with van der Waals surface area (Å²) in [6.45, 7) is 12.6. The summed E-state index contributed by atoms with van der Waals surface area (Å²) >= 11 is 0. The summed E-state index contributed by atoms with van der Waals surface area (Å²) in [5.74, 6) is -3.84. The molecule has 0 aromatic heterocycles. The summed E-state index contributed by atoms with van der Waals surface area (Å²) in [4.78, 5) is 34.6. The van der Waals surface area contributed by atoms with Crippen molar-refractivity contribution in [1.82, 2.24) is 5.32 Å². The number of benzene rings is 6. The number of fused-ring (bicyclic) bond motifs is 3. The van der Waals surface area contributed by atoms with Crippen molar-refractivity contribution < 1.29 is 36.9 Å². The van der Waals surface area contributed by atoms with Crippen molar-refractivity contribution in [1.29, 1.82) is 0 Å². The molecular weight excluding hydrogens is 875 g/mol. The van der Waals surface area contributed by atoms with E-state index in [9.17, 15) is 42.6 Å². The smallest absolute Gasteiger partial charge is 0.411 e. The standard InChI is InChI=1S/C18H20FN3O2.C15H14FN3O2.C9H11N.C6H4F2N2O2/c1-3-24-18(23)21-14-6-7-15(16(19)17(14)20)22-9-12-5-4-11(2)8-13(12)10-22;1-9-2-3-10-7-18(8-11(10)6-9)12-4-5-13(19(20)21)15(17)14(12)16;1-7-2-3-8-5-10-6-9(8)4-7;7-3-1-2-4(10(11)12)6(9)5(3)8/h4-8H,3,9-10,20H2,1-2H3,(H,21,23);2-6H,7-8,17H2,1H3;2-4,10H,5-6H2,1H3;1-2H,9H2. The summed E-state index contributed by atoms with van der Waals surface area (Å²) in [5, 5.41) is 26.7. The van der Waals surface area contributed by atoms with Crippen molar-refractivity contribution in [3.63, 3.8) is 0 Å². The van der Waals surface area contributed by atoms with E-state index in [1.54, 1.807) is 19.1 Å². The van der Waals surface area contributed by atoms with Crippen LogP contribution >= 0.6 is 0 Å². The van der Waals surface area contributed by atoms with Crippen molar-refractivity contribution in [2.24, 2.45) is 0 Å². The Morgan fingerprint density at radius 3 is 1.57 bits per heavy atom. The number of aryl methyl sites for hydroxylation is 3. The van der Waals surface area contributed by atoms with Gasteiger partial charge in [0.25, 0.3) is 11.4 Å². The third kappa shape index (κ3) is 11.3. The number of hydrogen-bond donors (Lipinski definition) is 5. The van der Waals surface area contributed by atoms with E-state index in [-0.39, 0.29) is 18.0 Å². The average molecular weight is 924 g/mol. The maximum Gasteiger partial charge on any atom is 0.411 e. The number of ether oxygens (including phenoxy) is 1. The first-order valence-electron chi connectivity index (χ1n) is 20.9. The highest BCUT2D eigenvalue weighted by Gasteiger charge is 2.27. The van der Waals surface area contributed by atoms with Crippen LogP contribution in [0, 0.1) is 64.3 Å². The zero-order valence-electron chi connectivity index (χ0n) is 37.1. The molecule has 3 aliphatic rings. The second-order valence-corrected chi connectivity index (χ2v) is 16.0. The van der Waals surface area contributed by atoms with Crippen LogP contribution in [0.3, 0.4) is 0 Å². The number of hydrogen-bond acceptors (Lipinski definition) is 12. The minimum absolute atomic E-state index is 0.0901. The molecule has 3 heterocycles. The van der Waals surface area contributed by atoms with Crippen LogP contribution < -0.4 is 37.6 Å². The molecule has 19 heteroatoms. The molecular formula is C48H49F4N9O6. The number of nitro benzene ring substituents is 2. The first-order valence-corrected chi connectivity index (χ1v) is 20.9. The lowest BCUT2D eigenvalue weighted by Crippen LogP contribution is -2.19. The Morgan fingerprint density at radius 1 is 0.612 bits per heavy atom. The van der Waals surface area contributed by atoms with Gasteiger partial charge in [0.15, 0.2) is 23.3 Å². The lowest BCUT2D eigenvalue weighted by atomic mass is 10.1. The van der Waals surface area contributed by atoms with Gasteiger partial charge in [-0.3, -0.25) is 25.5 Å². The minimum Gasteiger partial charge on any atom is -0.450 e. The molecule has 67 heavy (non-hydrogen) atoms. The van der Waals surface area contributed by atoms with Gasteiger partial charge in [0.2, 0.25) is 0 Å². The number of amides is 1. The molecule has 8 N–H and O–H groups in total. The van der Waals surface area contributed by atoms with Crippen LogP contribution in [0.5, 0.6) is 0 Å². The van der Waals surface area contributed by atoms with Crippen LogP contribution in [0.15, 0.2) is 91.0 Å². The average Bonchev–Trinajstić information content (AvgIpc) is 4.04. The third-order valence-electron chi connectivity index (χ3n) is 11.2.